The first kappa shape index (κ1) is 10.1. The third-order valence-electron chi connectivity index (χ3n) is 2.10. The lowest BCUT2D eigenvalue weighted by Gasteiger charge is -2.15. The molecular formula is C9H18N4. The lowest BCUT2D eigenvalue weighted by atomic mass is 10.1. The second-order valence-corrected chi connectivity index (χ2v) is 3.69. The zero-order valence-electron chi connectivity index (χ0n) is 8.49. The van der Waals surface area contributed by atoms with Crippen molar-refractivity contribution in [1.82, 2.24) is 9.78 Å². The summed E-state index contributed by atoms with van der Waals surface area (Å²) in [5.41, 5.74) is 6.91. The van der Waals surface area contributed by atoms with Gasteiger partial charge in [-0.3, -0.25) is 4.68 Å². The Morgan fingerprint density at radius 2 is 2.31 bits per heavy atom. The topological polar surface area (TPSA) is 55.9 Å². The molecule has 1 aromatic heterocycles. The third-order valence-corrected chi connectivity index (χ3v) is 2.10. The van der Waals surface area contributed by atoms with Gasteiger partial charge in [0, 0.05) is 25.8 Å². The van der Waals surface area contributed by atoms with Crippen LogP contribution in [0.15, 0.2) is 12.4 Å². The first-order chi connectivity index (χ1) is 6.09. The summed E-state index contributed by atoms with van der Waals surface area (Å²) in [7, 11) is 1.90. The van der Waals surface area contributed by atoms with Crippen molar-refractivity contribution < 1.29 is 0 Å². The van der Waals surface area contributed by atoms with E-state index in [-0.39, 0.29) is 6.04 Å². The van der Waals surface area contributed by atoms with Crippen LogP contribution in [0.5, 0.6) is 0 Å². The highest BCUT2D eigenvalue weighted by Crippen LogP contribution is 2.05. The van der Waals surface area contributed by atoms with Crippen molar-refractivity contribution in [3.8, 4) is 0 Å². The van der Waals surface area contributed by atoms with Crippen LogP contribution in [-0.4, -0.2) is 22.4 Å². The number of nitrogens with two attached hydrogens (primary N) is 1. The Morgan fingerprint density at radius 1 is 1.62 bits per heavy atom. The summed E-state index contributed by atoms with van der Waals surface area (Å²) in [4.78, 5) is 0. The molecule has 0 unspecified atom stereocenters. The van der Waals surface area contributed by atoms with E-state index in [1.54, 1.807) is 10.9 Å². The van der Waals surface area contributed by atoms with E-state index in [4.69, 9.17) is 5.73 Å². The molecule has 13 heavy (non-hydrogen) atoms. The maximum absolute atomic E-state index is 5.88. The molecule has 0 saturated heterocycles. The zero-order valence-corrected chi connectivity index (χ0v) is 8.49. The molecular weight excluding hydrogens is 164 g/mol. The molecule has 1 rings (SSSR count). The molecule has 0 aliphatic carbocycles. The lowest BCUT2D eigenvalue weighted by molar-refractivity contribution is 0.511. The Hall–Kier alpha value is -1.03. The summed E-state index contributed by atoms with van der Waals surface area (Å²) in [6.45, 7) is 5.04. The van der Waals surface area contributed by atoms with Crippen LogP contribution in [0.1, 0.15) is 13.8 Å². The molecule has 1 heterocycles. The predicted molar refractivity (Wildman–Crippen MR) is 54.5 cm³/mol. The van der Waals surface area contributed by atoms with Crippen molar-refractivity contribution in [2.24, 2.45) is 18.7 Å². The SMILES string of the molecule is CC(C)[C@@H](N)CNc1cnn(C)c1. The van der Waals surface area contributed by atoms with E-state index in [1.807, 2.05) is 13.2 Å². The van der Waals surface area contributed by atoms with Crippen LogP contribution < -0.4 is 11.1 Å². The minimum absolute atomic E-state index is 0.195. The van der Waals surface area contributed by atoms with Gasteiger partial charge in [-0.15, -0.1) is 0 Å². The Kier molecular flexibility index (Phi) is 3.31. The van der Waals surface area contributed by atoms with Crippen LogP contribution in [-0.2, 0) is 7.05 Å². The average molecular weight is 182 g/mol. The van der Waals surface area contributed by atoms with Crippen LogP contribution in [0.3, 0.4) is 0 Å². The Labute approximate surface area is 79.1 Å². The van der Waals surface area contributed by atoms with Gasteiger partial charge in [-0.1, -0.05) is 13.8 Å². The third kappa shape index (κ3) is 3.06. The van der Waals surface area contributed by atoms with Gasteiger partial charge < -0.3 is 11.1 Å². The molecule has 4 heteroatoms. The minimum Gasteiger partial charge on any atom is -0.381 e. The highest BCUT2D eigenvalue weighted by Gasteiger charge is 2.06. The first-order valence-electron chi connectivity index (χ1n) is 4.57. The van der Waals surface area contributed by atoms with Crippen molar-refractivity contribution >= 4 is 5.69 Å². The van der Waals surface area contributed by atoms with E-state index in [1.165, 1.54) is 0 Å². The molecule has 0 aromatic carbocycles. The first-order valence-corrected chi connectivity index (χ1v) is 4.57. The second-order valence-electron chi connectivity index (χ2n) is 3.69. The molecule has 0 saturated carbocycles. The molecule has 0 bridgehead atoms. The van der Waals surface area contributed by atoms with Gasteiger partial charge in [-0.2, -0.15) is 5.10 Å². The quantitative estimate of drug-likeness (QED) is 0.724. The largest absolute Gasteiger partial charge is 0.381 e. The van der Waals surface area contributed by atoms with E-state index in [9.17, 15) is 0 Å². The maximum atomic E-state index is 5.88. The molecule has 0 aliphatic heterocycles. The van der Waals surface area contributed by atoms with Gasteiger partial charge in [0.1, 0.15) is 0 Å². The van der Waals surface area contributed by atoms with Gasteiger partial charge in [-0.25, -0.2) is 0 Å². The normalized spacial score (nSPS) is 13.3. The van der Waals surface area contributed by atoms with Gasteiger partial charge in [0.15, 0.2) is 0 Å². The smallest absolute Gasteiger partial charge is 0.0726 e. The number of aromatic nitrogens is 2. The van der Waals surface area contributed by atoms with Crippen LogP contribution >= 0.6 is 0 Å². The molecule has 74 valence electrons. The molecule has 1 aromatic rings. The van der Waals surface area contributed by atoms with Gasteiger partial charge in [0.2, 0.25) is 0 Å². The molecule has 0 fully saturated rings. The molecule has 0 aliphatic rings. The number of hydrogen-bond donors (Lipinski definition) is 2. The molecule has 3 N–H and O–H groups in total. The molecule has 1 atom stereocenters. The summed E-state index contributed by atoms with van der Waals surface area (Å²) >= 11 is 0. The van der Waals surface area contributed by atoms with Crippen LogP contribution in [0, 0.1) is 5.92 Å². The second kappa shape index (κ2) is 4.28. The van der Waals surface area contributed by atoms with Crippen molar-refractivity contribution in [3.05, 3.63) is 12.4 Å². The number of aryl methyl sites for hydroxylation is 1. The summed E-state index contributed by atoms with van der Waals surface area (Å²) in [5.74, 6) is 0.504. The van der Waals surface area contributed by atoms with Gasteiger partial charge in [-0.05, 0) is 5.92 Å². The summed E-state index contributed by atoms with van der Waals surface area (Å²) < 4.78 is 1.77. The van der Waals surface area contributed by atoms with Crippen molar-refractivity contribution in [2.75, 3.05) is 11.9 Å². The fourth-order valence-electron chi connectivity index (χ4n) is 0.984. The standard InChI is InChI=1S/C9H18N4/c1-7(2)9(10)5-11-8-4-12-13(3)6-8/h4,6-7,9,11H,5,10H2,1-3H3/t9-/m0/s1. The van der Waals surface area contributed by atoms with Crippen molar-refractivity contribution in [1.29, 1.82) is 0 Å². The summed E-state index contributed by atoms with van der Waals surface area (Å²) in [5, 5.41) is 7.29. The number of nitrogens with zero attached hydrogens (tertiary/aromatic N) is 2. The summed E-state index contributed by atoms with van der Waals surface area (Å²) in [6, 6.07) is 0.195. The van der Waals surface area contributed by atoms with E-state index in [0.29, 0.717) is 5.92 Å². The monoisotopic (exact) mass is 182 g/mol. The Bertz CT molecular complexity index is 254. The van der Waals surface area contributed by atoms with E-state index < -0.39 is 0 Å². The average Bonchev–Trinajstić information content (AvgIpc) is 2.47. The van der Waals surface area contributed by atoms with Crippen molar-refractivity contribution in [2.45, 2.75) is 19.9 Å². The lowest BCUT2D eigenvalue weighted by Crippen LogP contribution is -2.33. The van der Waals surface area contributed by atoms with E-state index in [0.717, 1.165) is 12.2 Å². The van der Waals surface area contributed by atoms with Gasteiger partial charge in [0.05, 0.1) is 11.9 Å². The van der Waals surface area contributed by atoms with Crippen molar-refractivity contribution in [3.63, 3.8) is 0 Å². The number of anilines is 1. The van der Waals surface area contributed by atoms with E-state index >= 15 is 0 Å². The number of rotatable bonds is 4. The fourth-order valence-corrected chi connectivity index (χ4v) is 0.984. The number of hydrogen-bond acceptors (Lipinski definition) is 3. The van der Waals surface area contributed by atoms with E-state index in [2.05, 4.69) is 24.3 Å². The molecule has 0 radical (unpaired) electrons. The van der Waals surface area contributed by atoms with Crippen LogP contribution in [0.25, 0.3) is 0 Å². The fraction of sp³-hybridized carbons (Fsp3) is 0.667. The predicted octanol–water partition coefficient (Wildman–Crippen LogP) is 0.815. The Balaban J connectivity index is 2.35. The number of nitrogens with one attached hydrogen (secondary N) is 1. The molecule has 0 amide bonds. The zero-order chi connectivity index (χ0) is 9.84. The van der Waals surface area contributed by atoms with Gasteiger partial charge >= 0.3 is 0 Å². The maximum Gasteiger partial charge on any atom is 0.0726 e. The summed E-state index contributed by atoms with van der Waals surface area (Å²) in [6.07, 6.45) is 3.74. The van der Waals surface area contributed by atoms with Crippen LogP contribution in [0.2, 0.25) is 0 Å². The highest BCUT2D eigenvalue weighted by atomic mass is 15.3. The Morgan fingerprint density at radius 3 is 2.77 bits per heavy atom. The molecule has 4 nitrogen and oxygen atoms in total. The highest BCUT2D eigenvalue weighted by molar-refractivity contribution is 5.38. The van der Waals surface area contributed by atoms with Crippen LogP contribution in [0.4, 0.5) is 5.69 Å². The molecule has 0 spiro atoms. The minimum atomic E-state index is 0.195. The van der Waals surface area contributed by atoms with Gasteiger partial charge in [0.25, 0.3) is 0 Å².